The van der Waals surface area contributed by atoms with Crippen molar-refractivity contribution in [2.75, 3.05) is 12.4 Å². The highest BCUT2D eigenvalue weighted by atomic mass is 35.5. The second-order valence-corrected chi connectivity index (χ2v) is 9.69. The summed E-state index contributed by atoms with van der Waals surface area (Å²) in [6, 6.07) is 17.5. The van der Waals surface area contributed by atoms with Crippen molar-refractivity contribution in [1.29, 1.82) is 0 Å². The first-order chi connectivity index (χ1) is 15.8. The van der Waals surface area contributed by atoms with Crippen molar-refractivity contribution in [2.45, 2.75) is 24.8 Å². The lowest BCUT2D eigenvalue weighted by Gasteiger charge is -2.14. The Labute approximate surface area is 206 Å². The van der Waals surface area contributed by atoms with Crippen LogP contribution in [0, 0.1) is 13.8 Å². The lowest BCUT2D eigenvalue weighted by Crippen LogP contribution is -2.20. The Bertz CT molecular complexity index is 1350. The largest absolute Gasteiger partial charge is 0.491 e. The molecule has 1 atom stereocenters. The highest BCUT2D eigenvalue weighted by Crippen LogP contribution is 2.29. The molecular weight excluding hydrogens is 479 g/mol. The Morgan fingerprint density at radius 3 is 2.52 bits per heavy atom. The van der Waals surface area contributed by atoms with Gasteiger partial charge in [0.1, 0.15) is 23.7 Å². The topological polar surface area (TPSA) is 59.7 Å². The molecule has 3 aromatic carbocycles. The number of aryl methyl sites for hydroxylation is 2. The number of hydrogen-bond acceptors (Lipinski definition) is 5. The Balaban J connectivity index is 1.44. The molecule has 0 aliphatic rings. The van der Waals surface area contributed by atoms with Crippen LogP contribution in [0.4, 0.5) is 0 Å². The van der Waals surface area contributed by atoms with E-state index in [1.165, 1.54) is 6.07 Å². The molecule has 4 rings (SSSR count). The summed E-state index contributed by atoms with van der Waals surface area (Å²) in [5, 5.41) is 12.2. The molecule has 0 radical (unpaired) electrons. The molecule has 170 valence electrons. The monoisotopic (exact) mass is 500 g/mol. The zero-order chi connectivity index (χ0) is 23.5. The van der Waals surface area contributed by atoms with Gasteiger partial charge in [0.15, 0.2) is 5.43 Å². The Morgan fingerprint density at radius 2 is 1.76 bits per heavy atom. The number of aliphatic hydroxyl groups is 1. The fraction of sp³-hybridized carbons (Fsp3) is 0.192. The molecule has 0 fully saturated rings. The molecule has 0 aliphatic heterocycles. The van der Waals surface area contributed by atoms with Crippen LogP contribution >= 0.6 is 35.0 Å². The number of aliphatic hydroxyl groups excluding tert-OH is 1. The number of hydrogen-bond donors (Lipinski definition) is 1. The maximum Gasteiger partial charge on any atom is 0.193 e. The van der Waals surface area contributed by atoms with Crippen LogP contribution in [0.15, 0.2) is 74.8 Å². The minimum Gasteiger partial charge on any atom is -0.491 e. The zero-order valence-corrected chi connectivity index (χ0v) is 20.4. The number of benzene rings is 3. The molecule has 0 saturated carbocycles. The van der Waals surface area contributed by atoms with Gasteiger partial charge in [0.25, 0.3) is 0 Å². The first kappa shape index (κ1) is 23.7. The number of ether oxygens (including phenoxy) is 1. The summed E-state index contributed by atoms with van der Waals surface area (Å²) in [7, 11) is 0. The molecule has 0 bridgehead atoms. The van der Waals surface area contributed by atoms with Crippen molar-refractivity contribution < 1.29 is 14.3 Å². The molecule has 33 heavy (non-hydrogen) atoms. The zero-order valence-electron chi connectivity index (χ0n) is 18.1. The van der Waals surface area contributed by atoms with Gasteiger partial charge in [-0.1, -0.05) is 23.2 Å². The van der Waals surface area contributed by atoms with Gasteiger partial charge in [-0.05, 0) is 73.5 Å². The van der Waals surface area contributed by atoms with Gasteiger partial charge >= 0.3 is 0 Å². The molecule has 1 aromatic heterocycles. The average Bonchev–Trinajstić information content (AvgIpc) is 2.79. The Kier molecular flexibility index (Phi) is 7.35. The van der Waals surface area contributed by atoms with Gasteiger partial charge in [0.05, 0.1) is 11.5 Å². The summed E-state index contributed by atoms with van der Waals surface area (Å²) in [5.41, 5.74) is 3.11. The van der Waals surface area contributed by atoms with Crippen molar-refractivity contribution in [1.82, 2.24) is 0 Å². The summed E-state index contributed by atoms with van der Waals surface area (Å²) < 4.78 is 11.7. The van der Waals surface area contributed by atoms with Crippen molar-refractivity contribution in [3.8, 4) is 17.1 Å². The number of halogens is 2. The van der Waals surface area contributed by atoms with Crippen LogP contribution in [0.2, 0.25) is 10.0 Å². The van der Waals surface area contributed by atoms with Crippen LogP contribution < -0.4 is 10.2 Å². The predicted molar refractivity (Wildman–Crippen MR) is 136 cm³/mol. The maximum atomic E-state index is 12.5. The maximum absolute atomic E-state index is 12.5. The standard InChI is InChI=1S/C26H22Cl2O4S/c1-15-10-26(16(2)9-22(15)28)33-14-19(29)13-31-20-7-8-21-23(30)12-24(32-25(21)11-20)17-3-5-18(27)6-4-17/h3-12,19,29H,13-14H2,1-2H3/t19-/m0/s1. The van der Waals surface area contributed by atoms with Crippen LogP contribution in [0.5, 0.6) is 5.75 Å². The number of rotatable bonds is 7. The second kappa shape index (κ2) is 10.2. The summed E-state index contributed by atoms with van der Waals surface area (Å²) in [6.07, 6.45) is -0.673. The van der Waals surface area contributed by atoms with Crippen LogP contribution in [0.1, 0.15) is 11.1 Å². The predicted octanol–water partition coefficient (Wildman–Crippen LogP) is 6.92. The lowest BCUT2D eigenvalue weighted by molar-refractivity contribution is 0.126. The van der Waals surface area contributed by atoms with Crippen LogP contribution in [-0.2, 0) is 0 Å². The van der Waals surface area contributed by atoms with E-state index in [1.807, 2.05) is 26.0 Å². The molecule has 4 nitrogen and oxygen atoms in total. The van der Waals surface area contributed by atoms with Crippen LogP contribution in [0.3, 0.4) is 0 Å². The van der Waals surface area contributed by atoms with E-state index < -0.39 is 6.10 Å². The first-order valence-corrected chi connectivity index (χ1v) is 12.1. The van der Waals surface area contributed by atoms with E-state index >= 15 is 0 Å². The van der Waals surface area contributed by atoms with Gasteiger partial charge in [-0.2, -0.15) is 0 Å². The van der Waals surface area contributed by atoms with E-state index in [2.05, 4.69) is 0 Å². The first-order valence-electron chi connectivity index (χ1n) is 10.3. The molecule has 0 spiro atoms. The third-order valence-electron chi connectivity index (χ3n) is 5.16. The highest BCUT2D eigenvalue weighted by Gasteiger charge is 2.12. The normalized spacial score (nSPS) is 12.2. The Morgan fingerprint density at radius 1 is 1.00 bits per heavy atom. The minimum atomic E-state index is -0.673. The average molecular weight is 501 g/mol. The van der Waals surface area contributed by atoms with Gasteiger partial charge in [-0.3, -0.25) is 4.79 Å². The second-order valence-electron chi connectivity index (χ2n) is 7.78. The summed E-state index contributed by atoms with van der Waals surface area (Å²) >= 11 is 13.7. The molecule has 0 aliphatic carbocycles. The van der Waals surface area contributed by atoms with Gasteiger partial charge in [-0.15, -0.1) is 11.8 Å². The molecular formula is C26H22Cl2O4S. The van der Waals surface area contributed by atoms with Crippen LogP contribution in [-0.4, -0.2) is 23.6 Å². The SMILES string of the molecule is Cc1cc(SC[C@@H](O)COc2ccc3c(=O)cc(-c4ccc(Cl)cc4)oc3c2)c(C)cc1Cl. The van der Waals surface area contributed by atoms with Crippen molar-refractivity contribution >= 4 is 45.9 Å². The van der Waals surface area contributed by atoms with Gasteiger partial charge < -0.3 is 14.3 Å². The van der Waals surface area contributed by atoms with Crippen LogP contribution in [0.25, 0.3) is 22.3 Å². The third-order valence-corrected chi connectivity index (χ3v) is 7.12. The quantitative estimate of drug-likeness (QED) is 0.279. The Hall–Kier alpha value is -2.44. The smallest absolute Gasteiger partial charge is 0.193 e. The van der Waals surface area contributed by atoms with Crippen molar-refractivity contribution in [3.05, 3.63) is 92.1 Å². The fourth-order valence-electron chi connectivity index (χ4n) is 3.32. The van der Waals surface area contributed by atoms with E-state index in [-0.39, 0.29) is 12.0 Å². The summed E-state index contributed by atoms with van der Waals surface area (Å²) in [5.74, 6) is 1.44. The van der Waals surface area contributed by atoms with Gasteiger partial charge in [0, 0.05) is 38.4 Å². The fourth-order valence-corrected chi connectivity index (χ4v) is 4.68. The van der Waals surface area contributed by atoms with Crippen molar-refractivity contribution in [3.63, 3.8) is 0 Å². The third kappa shape index (κ3) is 5.74. The number of fused-ring (bicyclic) bond motifs is 1. The molecule has 4 aromatic rings. The molecule has 0 saturated heterocycles. The van der Waals surface area contributed by atoms with Gasteiger partial charge in [0.2, 0.25) is 0 Å². The number of thioether (sulfide) groups is 1. The molecule has 1 heterocycles. The van der Waals surface area contributed by atoms with E-state index in [9.17, 15) is 9.90 Å². The minimum absolute atomic E-state index is 0.116. The van der Waals surface area contributed by atoms with E-state index in [1.54, 1.807) is 54.2 Å². The lowest BCUT2D eigenvalue weighted by atomic mass is 10.1. The van der Waals surface area contributed by atoms with E-state index in [0.717, 1.165) is 26.6 Å². The molecule has 0 amide bonds. The summed E-state index contributed by atoms with van der Waals surface area (Å²) in [6.45, 7) is 4.07. The van der Waals surface area contributed by atoms with E-state index in [4.69, 9.17) is 32.4 Å². The molecule has 0 unspecified atom stereocenters. The van der Waals surface area contributed by atoms with E-state index in [0.29, 0.717) is 33.3 Å². The molecule has 7 heteroatoms. The highest BCUT2D eigenvalue weighted by molar-refractivity contribution is 7.99. The molecule has 1 N–H and O–H groups in total. The van der Waals surface area contributed by atoms with Crippen molar-refractivity contribution in [2.24, 2.45) is 0 Å². The van der Waals surface area contributed by atoms with Gasteiger partial charge in [-0.25, -0.2) is 0 Å². The summed E-state index contributed by atoms with van der Waals surface area (Å²) in [4.78, 5) is 13.6.